The minimum absolute atomic E-state index is 0.00993. The van der Waals surface area contributed by atoms with Crippen molar-refractivity contribution in [2.45, 2.75) is 57.5 Å². The number of rotatable bonds is 2. The van der Waals surface area contributed by atoms with Gasteiger partial charge in [0, 0.05) is 11.6 Å². The van der Waals surface area contributed by atoms with Crippen LogP contribution in [0.25, 0.3) is 0 Å². The van der Waals surface area contributed by atoms with E-state index in [9.17, 15) is 4.79 Å². The van der Waals surface area contributed by atoms with E-state index in [0.29, 0.717) is 22.9 Å². The van der Waals surface area contributed by atoms with Crippen LogP contribution in [0.2, 0.25) is 0 Å². The van der Waals surface area contributed by atoms with Gasteiger partial charge < -0.3 is 15.1 Å². The summed E-state index contributed by atoms with van der Waals surface area (Å²) in [7, 11) is 0. The molecule has 1 aromatic heterocycles. The second-order valence-electron chi connectivity index (χ2n) is 6.05. The molecule has 0 bridgehead atoms. The van der Waals surface area contributed by atoms with Crippen molar-refractivity contribution in [1.82, 2.24) is 10.6 Å². The molecule has 1 aliphatic heterocycles. The lowest BCUT2D eigenvalue weighted by Gasteiger charge is -2.48. The van der Waals surface area contributed by atoms with Crippen LogP contribution in [-0.2, 0) is 0 Å². The van der Waals surface area contributed by atoms with Crippen LogP contribution in [0.4, 0.5) is 0 Å². The number of nitrogens with one attached hydrogen (secondary N) is 2. The van der Waals surface area contributed by atoms with Crippen LogP contribution in [0.5, 0.6) is 0 Å². The SMILES string of the molecule is Cc1cc(C(=O)NC2CCNC3(CCC3)C2)c(C)o1. The second kappa shape index (κ2) is 4.67. The molecule has 0 aromatic carbocycles. The average molecular weight is 262 g/mol. The standard InChI is InChI=1S/C15H22N2O2/c1-10-8-13(11(2)19-10)14(18)17-12-4-7-16-15(9-12)5-3-6-15/h8,12,16H,3-7,9H2,1-2H3,(H,17,18). The fraction of sp³-hybridized carbons (Fsp3) is 0.667. The summed E-state index contributed by atoms with van der Waals surface area (Å²) in [5.74, 6) is 1.52. The highest BCUT2D eigenvalue weighted by atomic mass is 16.3. The first kappa shape index (κ1) is 12.7. The highest BCUT2D eigenvalue weighted by molar-refractivity contribution is 5.95. The van der Waals surface area contributed by atoms with Gasteiger partial charge in [-0.15, -0.1) is 0 Å². The lowest BCUT2D eigenvalue weighted by atomic mass is 9.70. The molecule has 1 unspecified atom stereocenters. The number of hydrogen-bond donors (Lipinski definition) is 2. The van der Waals surface area contributed by atoms with Crippen LogP contribution in [-0.4, -0.2) is 24.0 Å². The fourth-order valence-corrected chi connectivity index (χ4v) is 3.38. The second-order valence-corrected chi connectivity index (χ2v) is 6.05. The largest absolute Gasteiger partial charge is 0.466 e. The van der Waals surface area contributed by atoms with Crippen molar-refractivity contribution < 1.29 is 9.21 Å². The molecule has 2 heterocycles. The van der Waals surface area contributed by atoms with Crippen molar-refractivity contribution in [2.24, 2.45) is 0 Å². The molecule has 4 nitrogen and oxygen atoms in total. The van der Waals surface area contributed by atoms with E-state index in [0.717, 1.165) is 25.1 Å². The number of carbonyl (C=O) groups is 1. The summed E-state index contributed by atoms with van der Waals surface area (Å²) in [6, 6.07) is 2.12. The predicted molar refractivity (Wildman–Crippen MR) is 73.3 cm³/mol. The van der Waals surface area contributed by atoms with Gasteiger partial charge in [-0.25, -0.2) is 0 Å². The lowest BCUT2D eigenvalue weighted by Crippen LogP contribution is -2.59. The number of amides is 1. The molecule has 2 fully saturated rings. The summed E-state index contributed by atoms with van der Waals surface area (Å²) in [6.07, 6.45) is 5.90. The lowest BCUT2D eigenvalue weighted by molar-refractivity contribution is 0.0852. The molecular weight excluding hydrogens is 240 g/mol. The normalized spacial score (nSPS) is 25.1. The van der Waals surface area contributed by atoms with Crippen LogP contribution in [0.15, 0.2) is 10.5 Å². The zero-order valence-corrected chi connectivity index (χ0v) is 11.7. The molecule has 4 heteroatoms. The van der Waals surface area contributed by atoms with Crippen molar-refractivity contribution in [2.75, 3.05) is 6.54 Å². The van der Waals surface area contributed by atoms with Crippen LogP contribution in [0.1, 0.15) is 54.0 Å². The Morgan fingerprint density at radius 2 is 2.26 bits per heavy atom. The van der Waals surface area contributed by atoms with Gasteiger partial charge in [0.05, 0.1) is 5.56 Å². The molecule has 2 N–H and O–H groups in total. The van der Waals surface area contributed by atoms with E-state index in [-0.39, 0.29) is 5.91 Å². The fourth-order valence-electron chi connectivity index (χ4n) is 3.38. The van der Waals surface area contributed by atoms with Crippen molar-refractivity contribution in [3.63, 3.8) is 0 Å². The minimum Gasteiger partial charge on any atom is -0.466 e. The molecule has 1 saturated heterocycles. The highest BCUT2D eigenvalue weighted by Crippen LogP contribution is 2.38. The van der Waals surface area contributed by atoms with Gasteiger partial charge in [0.2, 0.25) is 0 Å². The van der Waals surface area contributed by atoms with Gasteiger partial charge in [0.15, 0.2) is 0 Å². The van der Waals surface area contributed by atoms with Crippen molar-refractivity contribution in [3.8, 4) is 0 Å². The summed E-state index contributed by atoms with van der Waals surface area (Å²) in [6.45, 7) is 4.73. The average Bonchev–Trinajstić information content (AvgIpc) is 2.67. The van der Waals surface area contributed by atoms with E-state index in [1.807, 2.05) is 19.9 Å². The van der Waals surface area contributed by atoms with E-state index in [1.54, 1.807) is 0 Å². The molecule has 3 rings (SSSR count). The van der Waals surface area contributed by atoms with E-state index >= 15 is 0 Å². The van der Waals surface area contributed by atoms with Crippen molar-refractivity contribution >= 4 is 5.91 Å². The van der Waals surface area contributed by atoms with Gasteiger partial charge in [0.25, 0.3) is 5.91 Å². The first-order valence-corrected chi connectivity index (χ1v) is 7.21. The summed E-state index contributed by atoms with van der Waals surface area (Å²) in [5, 5.41) is 6.79. The number of hydrogen-bond acceptors (Lipinski definition) is 3. The Balaban J connectivity index is 1.64. The molecule has 0 radical (unpaired) electrons. The van der Waals surface area contributed by atoms with Crippen molar-refractivity contribution in [3.05, 3.63) is 23.2 Å². The van der Waals surface area contributed by atoms with Crippen molar-refractivity contribution in [1.29, 1.82) is 0 Å². The number of carbonyl (C=O) groups excluding carboxylic acids is 1. The third kappa shape index (κ3) is 2.41. The molecule has 1 spiro atoms. The maximum atomic E-state index is 12.3. The molecule has 1 saturated carbocycles. The quantitative estimate of drug-likeness (QED) is 0.860. The summed E-state index contributed by atoms with van der Waals surface area (Å²) in [4.78, 5) is 12.3. The van der Waals surface area contributed by atoms with Crippen LogP contribution in [0.3, 0.4) is 0 Å². The molecule has 1 aromatic rings. The Morgan fingerprint density at radius 1 is 1.47 bits per heavy atom. The minimum atomic E-state index is 0.00993. The van der Waals surface area contributed by atoms with Crippen LogP contribution in [0, 0.1) is 13.8 Å². The predicted octanol–water partition coefficient (Wildman–Crippen LogP) is 2.30. The summed E-state index contributed by atoms with van der Waals surface area (Å²) < 4.78 is 5.42. The topological polar surface area (TPSA) is 54.3 Å². The molecular formula is C15H22N2O2. The monoisotopic (exact) mass is 262 g/mol. The number of aryl methyl sites for hydroxylation is 2. The van der Waals surface area contributed by atoms with Gasteiger partial charge >= 0.3 is 0 Å². The first-order chi connectivity index (χ1) is 9.08. The smallest absolute Gasteiger partial charge is 0.255 e. The zero-order chi connectivity index (χ0) is 13.5. The Labute approximate surface area is 113 Å². The summed E-state index contributed by atoms with van der Waals surface area (Å²) >= 11 is 0. The van der Waals surface area contributed by atoms with Gasteiger partial charge in [-0.3, -0.25) is 4.79 Å². The van der Waals surface area contributed by atoms with Crippen LogP contribution < -0.4 is 10.6 Å². The number of furan rings is 1. The molecule has 19 heavy (non-hydrogen) atoms. The first-order valence-electron chi connectivity index (χ1n) is 7.21. The Bertz CT molecular complexity index is 488. The Kier molecular flexibility index (Phi) is 3.13. The van der Waals surface area contributed by atoms with E-state index < -0.39 is 0 Å². The maximum Gasteiger partial charge on any atom is 0.255 e. The summed E-state index contributed by atoms with van der Waals surface area (Å²) in [5.41, 5.74) is 0.996. The Hall–Kier alpha value is -1.29. The molecule has 1 atom stereocenters. The van der Waals surface area contributed by atoms with Gasteiger partial charge in [-0.05, 0) is 58.6 Å². The third-order valence-corrected chi connectivity index (χ3v) is 4.56. The van der Waals surface area contributed by atoms with Gasteiger partial charge in [0.1, 0.15) is 11.5 Å². The molecule has 2 aliphatic rings. The van der Waals surface area contributed by atoms with Crippen LogP contribution >= 0.6 is 0 Å². The van der Waals surface area contributed by atoms with Gasteiger partial charge in [-0.1, -0.05) is 0 Å². The molecule has 1 aliphatic carbocycles. The van der Waals surface area contributed by atoms with E-state index in [1.165, 1.54) is 19.3 Å². The van der Waals surface area contributed by atoms with E-state index in [4.69, 9.17) is 4.42 Å². The van der Waals surface area contributed by atoms with E-state index in [2.05, 4.69) is 10.6 Å². The Morgan fingerprint density at radius 3 is 2.84 bits per heavy atom. The van der Waals surface area contributed by atoms with Gasteiger partial charge in [-0.2, -0.15) is 0 Å². The maximum absolute atomic E-state index is 12.3. The molecule has 104 valence electrons. The zero-order valence-electron chi connectivity index (χ0n) is 11.7. The third-order valence-electron chi connectivity index (χ3n) is 4.56. The molecule has 1 amide bonds. The number of piperidine rings is 1. The highest BCUT2D eigenvalue weighted by Gasteiger charge is 2.41.